The van der Waals surface area contributed by atoms with Crippen molar-refractivity contribution in [3.63, 3.8) is 0 Å². The quantitative estimate of drug-likeness (QED) is 0.763. The van der Waals surface area contributed by atoms with Gasteiger partial charge in [-0.1, -0.05) is 20.8 Å². The number of nitrogens with zero attached hydrogens (tertiary/aromatic N) is 2. The van der Waals surface area contributed by atoms with Gasteiger partial charge in [-0.05, 0) is 12.8 Å². The van der Waals surface area contributed by atoms with Gasteiger partial charge in [-0.2, -0.15) is 0 Å². The Morgan fingerprint density at radius 1 is 1.47 bits per heavy atom. The third-order valence-corrected chi connectivity index (χ3v) is 4.10. The summed E-state index contributed by atoms with van der Waals surface area (Å²) in [6.07, 6.45) is 3.32. The van der Waals surface area contributed by atoms with Crippen molar-refractivity contribution in [3.8, 4) is 0 Å². The van der Waals surface area contributed by atoms with E-state index in [1.807, 2.05) is 4.40 Å². The summed E-state index contributed by atoms with van der Waals surface area (Å²) in [4.78, 5) is 16.9. The predicted molar refractivity (Wildman–Crippen MR) is 69.1 cm³/mol. The van der Waals surface area contributed by atoms with Crippen LogP contribution in [-0.4, -0.2) is 15.7 Å². The number of aldehydes is 1. The van der Waals surface area contributed by atoms with Gasteiger partial charge in [0, 0.05) is 22.4 Å². The van der Waals surface area contributed by atoms with E-state index < -0.39 is 0 Å². The summed E-state index contributed by atoms with van der Waals surface area (Å²) >= 11 is 1.63. The van der Waals surface area contributed by atoms with Crippen LogP contribution in [0.25, 0.3) is 4.96 Å². The molecule has 1 fully saturated rings. The lowest BCUT2D eigenvalue weighted by Crippen LogP contribution is -2.15. The van der Waals surface area contributed by atoms with Crippen LogP contribution in [0.3, 0.4) is 0 Å². The molecule has 1 saturated carbocycles. The third-order valence-electron chi connectivity index (χ3n) is 3.27. The van der Waals surface area contributed by atoms with E-state index in [1.165, 1.54) is 18.5 Å². The van der Waals surface area contributed by atoms with Gasteiger partial charge < -0.3 is 0 Å². The Kier molecular flexibility index (Phi) is 2.20. The standard InChI is InChI=1S/C13H16N2OS/c1-13(2,3)10-7-17-12-14-11(8-4-5-8)9(6-16)15(10)12/h6-8H,4-5H2,1-3H3. The molecule has 0 bridgehead atoms. The lowest BCUT2D eigenvalue weighted by Gasteiger charge is -2.17. The van der Waals surface area contributed by atoms with Crippen LogP contribution >= 0.6 is 11.3 Å². The molecular weight excluding hydrogens is 232 g/mol. The summed E-state index contributed by atoms with van der Waals surface area (Å²) in [6.45, 7) is 6.50. The molecule has 2 aromatic rings. The first-order valence-corrected chi connectivity index (χ1v) is 6.86. The Labute approximate surface area is 104 Å². The number of carbonyl (C=O) groups excluding carboxylic acids is 1. The second kappa shape index (κ2) is 3.42. The van der Waals surface area contributed by atoms with E-state index >= 15 is 0 Å². The maximum absolute atomic E-state index is 11.4. The van der Waals surface area contributed by atoms with Crippen molar-refractivity contribution in [2.75, 3.05) is 0 Å². The number of aromatic nitrogens is 2. The molecule has 0 saturated heterocycles. The minimum atomic E-state index is 0.0392. The first kappa shape index (κ1) is 11.0. The summed E-state index contributed by atoms with van der Waals surface area (Å²) in [5.74, 6) is 0.523. The first-order valence-electron chi connectivity index (χ1n) is 5.98. The van der Waals surface area contributed by atoms with Crippen molar-refractivity contribution in [3.05, 3.63) is 22.5 Å². The van der Waals surface area contributed by atoms with Gasteiger partial charge >= 0.3 is 0 Å². The van der Waals surface area contributed by atoms with E-state index in [2.05, 4.69) is 31.1 Å². The summed E-state index contributed by atoms with van der Waals surface area (Å²) in [6, 6.07) is 0. The minimum Gasteiger partial charge on any atom is -0.296 e. The van der Waals surface area contributed by atoms with Crippen molar-refractivity contribution in [2.24, 2.45) is 0 Å². The number of hydrogen-bond donors (Lipinski definition) is 0. The fourth-order valence-corrected chi connectivity index (χ4v) is 3.31. The Morgan fingerprint density at radius 2 is 2.18 bits per heavy atom. The van der Waals surface area contributed by atoms with Crippen molar-refractivity contribution < 1.29 is 4.79 Å². The Balaban J connectivity index is 2.29. The van der Waals surface area contributed by atoms with Crippen LogP contribution in [-0.2, 0) is 5.41 Å². The van der Waals surface area contributed by atoms with Gasteiger partial charge in [0.15, 0.2) is 11.2 Å². The highest BCUT2D eigenvalue weighted by Gasteiger charge is 2.32. The average molecular weight is 248 g/mol. The van der Waals surface area contributed by atoms with Gasteiger partial charge in [0.05, 0.1) is 5.69 Å². The van der Waals surface area contributed by atoms with Gasteiger partial charge in [-0.15, -0.1) is 11.3 Å². The highest BCUT2D eigenvalue weighted by atomic mass is 32.1. The molecule has 0 aromatic carbocycles. The molecule has 0 amide bonds. The summed E-state index contributed by atoms with van der Waals surface area (Å²) in [5, 5.41) is 2.12. The zero-order valence-electron chi connectivity index (χ0n) is 10.4. The summed E-state index contributed by atoms with van der Waals surface area (Å²) in [5.41, 5.74) is 3.00. The van der Waals surface area contributed by atoms with Crippen LogP contribution in [0, 0.1) is 0 Å². The minimum absolute atomic E-state index is 0.0392. The molecule has 17 heavy (non-hydrogen) atoms. The highest BCUT2D eigenvalue weighted by molar-refractivity contribution is 7.15. The van der Waals surface area contributed by atoms with E-state index in [1.54, 1.807) is 11.3 Å². The van der Waals surface area contributed by atoms with Crippen LogP contribution in [0.5, 0.6) is 0 Å². The normalized spacial score (nSPS) is 16.6. The monoisotopic (exact) mass is 248 g/mol. The molecule has 3 nitrogen and oxygen atoms in total. The van der Waals surface area contributed by atoms with Crippen LogP contribution < -0.4 is 0 Å². The molecule has 0 atom stereocenters. The molecule has 0 unspecified atom stereocenters. The molecular formula is C13H16N2OS. The molecule has 0 spiro atoms. The first-order chi connectivity index (χ1) is 8.02. The van der Waals surface area contributed by atoms with Crippen LogP contribution in [0.15, 0.2) is 5.38 Å². The zero-order valence-corrected chi connectivity index (χ0v) is 11.2. The number of thiazole rings is 1. The van der Waals surface area contributed by atoms with Crippen molar-refractivity contribution >= 4 is 22.6 Å². The largest absolute Gasteiger partial charge is 0.296 e. The Bertz CT molecular complexity index is 584. The van der Waals surface area contributed by atoms with Gasteiger partial charge in [0.25, 0.3) is 0 Å². The molecule has 2 heterocycles. The Morgan fingerprint density at radius 3 is 2.71 bits per heavy atom. The van der Waals surface area contributed by atoms with Crippen LogP contribution in [0.1, 0.15) is 61.4 Å². The number of carbonyl (C=O) groups is 1. The van der Waals surface area contributed by atoms with Crippen LogP contribution in [0.4, 0.5) is 0 Å². The van der Waals surface area contributed by atoms with Crippen molar-refractivity contribution in [1.29, 1.82) is 0 Å². The molecule has 2 aromatic heterocycles. The second-order valence-corrected chi connectivity index (χ2v) is 6.60. The number of imidazole rings is 1. The topological polar surface area (TPSA) is 34.4 Å². The van der Waals surface area contributed by atoms with E-state index in [9.17, 15) is 4.79 Å². The van der Waals surface area contributed by atoms with Gasteiger partial charge in [0.2, 0.25) is 0 Å². The molecule has 1 aliphatic rings. The average Bonchev–Trinajstić information content (AvgIpc) is 2.88. The van der Waals surface area contributed by atoms with Gasteiger partial charge in [0.1, 0.15) is 5.69 Å². The third kappa shape index (κ3) is 1.62. The smallest absolute Gasteiger partial charge is 0.194 e. The molecule has 1 aliphatic carbocycles. The van der Waals surface area contributed by atoms with Gasteiger partial charge in [-0.25, -0.2) is 4.98 Å². The van der Waals surface area contributed by atoms with Crippen molar-refractivity contribution in [2.45, 2.75) is 44.9 Å². The maximum Gasteiger partial charge on any atom is 0.194 e. The SMILES string of the molecule is CC(C)(C)c1csc2nc(C3CC3)c(C=O)n12. The number of rotatable bonds is 2. The number of fused-ring (bicyclic) bond motifs is 1. The summed E-state index contributed by atoms with van der Waals surface area (Å²) in [7, 11) is 0. The fraction of sp³-hybridized carbons (Fsp3) is 0.538. The lowest BCUT2D eigenvalue weighted by atomic mass is 9.93. The predicted octanol–water partition coefficient (Wildman–Crippen LogP) is 3.38. The van der Waals surface area contributed by atoms with Gasteiger partial charge in [-0.3, -0.25) is 9.20 Å². The highest BCUT2D eigenvalue weighted by Crippen LogP contribution is 2.42. The van der Waals surface area contributed by atoms with E-state index in [0.717, 1.165) is 22.6 Å². The Hall–Kier alpha value is -1.16. The fourth-order valence-electron chi connectivity index (χ4n) is 2.18. The van der Waals surface area contributed by atoms with E-state index in [0.29, 0.717) is 5.92 Å². The van der Waals surface area contributed by atoms with Crippen molar-refractivity contribution in [1.82, 2.24) is 9.38 Å². The molecule has 3 rings (SSSR count). The molecule has 4 heteroatoms. The maximum atomic E-state index is 11.4. The zero-order chi connectivity index (χ0) is 12.2. The van der Waals surface area contributed by atoms with Crippen LogP contribution in [0.2, 0.25) is 0 Å². The molecule has 0 radical (unpaired) electrons. The molecule has 90 valence electrons. The van der Waals surface area contributed by atoms with E-state index in [4.69, 9.17) is 0 Å². The molecule has 0 aliphatic heterocycles. The van der Waals surface area contributed by atoms with E-state index in [-0.39, 0.29) is 5.41 Å². The second-order valence-electron chi connectivity index (χ2n) is 5.76. The lowest BCUT2D eigenvalue weighted by molar-refractivity contribution is 0.111. The number of hydrogen-bond acceptors (Lipinski definition) is 3. The summed E-state index contributed by atoms with van der Waals surface area (Å²) < 4.78 is 2.05. The molecule has 0 N–H and O–H groups in total.